The second kappa shape index (κ2) is 18.9. The van der Waals surface area contributed by atoms with Gasteiger partial charge in [-0.2, -0.15) is 42.1 Å². The summed E-state index contributed by atoms with van der Waals surface area (Å²) in [6, 6.07) is 72.0. The van der Waals surface area contributed by atoms with Crippen LogP contribution >= 0.6 is 0 Å². The summed E-state index contributed by atoms with van der Waals surface area (Å²) >= 11 is 0. The summed E-state index contributed by atoms with van der Waals surface area (Å²) in [5.74, 6) is 0. The van der Waals surface area contributed by atoms with E-state index in [-0.39, 0.29) is 0 Å². The SMILES string of the molecule is N#Cc1ccc(-c2ccc3c4ccc(-c5ccc(C#N)cc5C#N)cc4n(-c4cncc(-n5c6cc(-c7ccc(C#N)cc7C#N)ccc6c6ccc(-c7ccc(C#N)cc7C#N)cc65)c4-c4ccc(C#N)cc4)c3c2)cc1. The molecule has 0 saturated carbocycles. The second-order valence-corrected chi connectivity index (χ2v) is 18.5. The lowest BCUT2D eigenvalue weighted by molar-refractivity contribution is 1.09. The Labute approximate surface area is 446 Å². The molecule has 12 aromatic rings. The van der Waals surface area contributed by atoms with E-state index in [0.29, 0.717) is 72.6 Å². The number of nitriles is 8. The van der Waals surface area contributed by atoms with E-state index < -0.39 is 0 Å². The van der Waals surface area contributed by atoms with Gasteiger partial charge in [-0.05, 0) is 135 Å². The van der Waals surface area contributed by atoms with Crippen molar-refractivity contribution in [2.24, 2.45) is 0 Å². The summed E-state index contributed by atoms with van der Waals surface area (Å²) in [4.78, 5) is 5.08. The Balaban J connectivity index is 1.22. The lowest BCUT2D eigenvalue weighted by Crippen LogP contribution is -2.05. The van der Waals surface area contributed by atoms with E-state index in [9.17, 15) is 42.1 Å². The van der Waals surface area contributed by atoms with E-state index in [2.05, 4.69) is 75.9 Å². The molecule has 0 amide bonds. The molecule has 9 aromatic carbocycles. The van der Waals surface area contributed by atoms with Gasteiger partial charge in [-0.3, -0.25) is 4.98 Å². The predicted octanol–water partition coefficient (Wildman–Crippen LogP) is 14.6. The minimum absolute atomic E-state index is 0.333. The zero-order valence-electron chi connectivity index (χ0n) is 40.8. The molecule has 354 valence electrons. The van der Waals surface area contributed by atoms with Gasteiger partial charge < -0.3 is 9.13 Å². The average Bonchev–Trinajstić information content (AvgIpc) is 4.07. The lowest BCUT2D eigenvalue weighted by atomic mass is 9.96. The van der Waals surface area contributed by atoms with E-state index >= 15 is 0 Å². The van der Waals surface area contributed by atoms with E-state index in [1.165, 1.54) is 0 Å². The molecule has 11 heteroatoms. The fourth-order valence-corrected chi connectivity index (χ4v) is 10.6. The molecule has 11 nitrogen and oxygen atoms in total. The number of hydrogen-bond donors (Lipinski definition) is 0. The Bertz CT molecular complexity index is 4810. The molecule has 3 heterocycles. The highest BCUT2D eigenvalue weighted by atomic mass is 15.0. The first-order valence-electron chi connectivity index (χ1n) is 24.3. The Morgan fingerprint density at radius 1 is 0.269 bits per heavy atom. The Hall–Kier alpha value is -12.4. The van der Waals surface area contributed by atoms with Crippen molar-refractivity contribution in [1.82, 2.24) is 14.1 Å². The summed E-state index contributed by atoms with van der Waals surface area (Å²) in [5, 5.41) is 83.8. The first kappa shape index (κ1) is 46.7. The Morgan fingerprint density at radius 2 is 0.564 bits per heavy atom. The summed E-state index contributed by atoms with van der Waals surface area (Å²) in [5.41, 5.74) is 14.8. The molecule has 12 rings (SSSR count). The van der Waals surface area contributed by atoms with Crippen LogP contribution in [0, 0.1) is 90.6 Å². The van der Waals surface area contributed by atoms with E-state index in [4.69, 9.17) is 4.98 Å². The van der Waals surface area contributed by atoms with Crippen molar-refractivity contribution in [3.05, 3.63) is 233 Å². The van der Waals surface area contributed by atoms with Crippen molar-refractivity contribution in [2.75, 3.05) is 0 Å². The molecular formula is C67H31N11. The lowest BCUT2D eigenvalue weighted by Gasteiger charge is -2.20. The van der Waals surface area contributed by atoms with Crippen LogP contribution < -0.4 is 0 Å². The monoisotopic (exact) mass is 989 g/mol. The average molecular weight is 990 g/mol. The largest absolute Gasteiger partial charge is 0.307 e. The van der Waals surface area contributed by atoms with Crippen LogP contribution in [-0.4, -0.2) is 14.1 Å². The Morgan fingerprint density at radius 3 is 0.897 bits per heavy atom. The highest BCUT2D eigenvalue weighted by molar-refractivity contribution is 6.14. The second-order valence-electron chi connectivity index (χ2n) is 18.5. The molecule has 0 bridgehead atoms. The van der Waals surface area contributed by atoms with Gasteiger partial charge >= 0.3 is 0 Å². The third-order valence-corrected chi connectivity index (χ3v) is 14.3. The molecule has 3 aromatic heterocycles. The molecule has 0 saturated heterocycles. The van der Waals surface area contributed by atoms with Crippen molar-refractivity contribution in [3.8, 4) is 116 Å². The van der Waals surface area contributed by atoms with E-state index in [1.807, 2.05) is 85.1 Å². The number of hydrogen-bond acceptors (Lipinski definition) is 9. The van der Waals surface area contributed by atoms with Gasteiger partial charge in [0, 0.05) is 27.1 Å². The van der Waals surface area contributed by atoms with Crippen molar-refractivity contribution < 1.29 is 0 Å². The molecular weight excluding hydrogens is 959 g/mol. The topological polar surface area (TPSA) is 213 Å². The van der Waals surface area contributed by atoms with Crippen molar-refractivity contribution in [2.45, 2.75) is 0 Å². The van der Waals surface area contributed by atoms with Gasteiger partial charge in [0.25, 0.3) is 0 Å². The number of pyridine rings is 1. The van der Waals surface area contributed by atoms with Gasteiger partial charge in [-0.1, -0.05) is 91.0 Å². The number of benzene rings is 9. The molecule has 0 N–H and O–H groups in total. The van der Waals surface area contributed by atoms with Crippen LogP contribution in [-0.2, 0) is 0 Å². The molecule has 0 unspecified atom stereocenters. The van der Waals surface area contributed by atoms with Gasteiger partial charge in [-0.25, -0.2) is 0 Å². The number of rotatable bonds is 7. The number of fused-ring (bicyclic) bond motifs is 6. The molecule has 0 spiro atoms. The first-order chi connectivity index (χ1) is 38.3. The van der Waals surface area contributed by atoms with Gasteiger partial charge in [0.2, 0.25) is 0 Å². The van der Waals surface area contributed by atoms with Crippen LogP contribution in [0.4, 0.5) is 0 Å². The van der Waals surface area contributed by atoms with Crippen LogP contribution in [0.5, 0.6) is 0 Å². The van der Waals surface area contributed by atoms with Gasteiger partial charge in [0.15, 0.2) is 0 Å². The molecule has 0 fully saturated rings. The van der Waals surface area contributed by atoms with Gasteiger partial charge in [0.1, 0.15) is 0 Å². The van der Waals surface area contributed by atoms with Crippen LogP contribution in [0.2, 0.25) is 0 Å². The maximum Gasteiger partial charge on any atom is 0.0998 e. The summed E-state index contributed by atoms with van der Waals surface area (Å²) in [7, 11) is 0. The van der Waals surface area contributed by atoms with Crippen molar-refractivity contribution in [3.63, 3.8) is 0 Å². The quantitative estimate of drug-likeness (QED) is 0.148. The highest BCUT2D eigenvalue weighted by Crippen LogP contribution is 2.45. The molecule has 0 atom stereocenters. The third kappa shape index (κ3) is 7.66. The molecule has 0 aliphatic heterocycles. The summed E-state index contributed by atoms with van der Waals surface area (Å²) in [6.45, 7) is 0. The fraction of sp³-hybridized carbons (Fsp3) is 0. The molecule has 0 aliphatic rings. The smallest absolute Gasteiger partial charge is 0.0998 e. The molecule has 0 radical (unpaired) electrons. The van der Waals surface area contributed by atoms with Crippen molar-refractivity contribution >= 4 is 43.6 Å². The van der Waals surface area contributed by atoms with Crippen molar-refractivity contribution in [1.29, 1.82) is 42.1 Å². The molecule has 78 heavy (non-hydrogen) atoms. The summed E-state index contributed by atoms with van der Waals surface area (Å²) < 4.78 is 4.29. The molecule has 0 aliphatic carbocycles. The maximum atomic E-state index is 10.4. The van der Waals surface area contributed by atoms with E-state index in [0.717, 1.165) is 82.6 Å². The standard InChI is InChI=1S/C67H31N11/c68-30-40-1-8-45(9-2-40)47-12-19-57-58-20-13-48(54-16-5-42(32-70)23-51(54)35-73)27-62(58)77(61(57)26-47)65-38-76-39-66(67(65)46-10-3-41(31-69)4-11-46)78-63-28-49(55-17-6-43(33-71)24-52(55)36-74)14-21-59(63)60-22-15-50(29-64(60)78)56-18-7-44(34-72)25-53(56)37-75/h1-29,38-39H. The first-order valence-corrected chi connectivity index (χ1v) is 24.3. The van der Waals surface area contributed by atoms with Crippen LogP contribution in [0.3, 0.4) is 0 Å². The minimum atomic E-state index is 0.333. The minimum Gasteiger partial charge on any atom is -0.307 e. The highest BCUT2D eigenvalue weighted by Gasteiger charge is 2.25. The van der Waals surface area contributed by atoms with Gasteiger partial charge in [-0.15, -0.1) is 0 Å². The van der Waals surface area contributed by atoms with Gasteiger partial charge in [0.05, 0.1) is 139 Å². The fourth-order valence-electron chi connectivity index (χ4n) is 10.6. The van der Waals surface area contributed by atoms with Crippen LogP contribution in [0.25, 0.3) is 111 Å². The van der Waals surface area contributed by atoms with Crippen LogP contribution in [0.1, 0.15) is 44.5 Å². The number of aromatic nitrogens is 3. The maximum absolute atomic E-state index is 10.4. The predicted molar refractivity (Wildman–Crippen MR) is 298 cm³/mol. The normalized spacial score (nSPS) is 10.7. The third-order valence-electron chi connectivity index (χ3n) is 14.3. The van der Waals surface area contributed by atoms with E-state index in [1.54, 1.807) is 85.1 Å². The van der Waals surface area contributed by atoms with Crippen LogP contribution in [0.15, 0.2) is 188 Å². The summed E-state index contributed by atoms with van der Waals surface area (Å²) in [6.07, 6.45) is 3.62. The zero-order chi connectivity index (χ0) is 53.6. The number of nitrogens with zero attached hydrogens (tertiary/aromatic N) is 11. The zero-order valence-corrected chi connectivity index (χ0v) is 40.8. The Kier molecular flexibility index (Phi) is 11.3.